The number of benzene rings is 1. The van der Waals surface area contributed by atoms with Crippen LogP contribution in [-0.2, 0) is 6.54 Å². The molecule has 1 aromatic heterocycles. The van der Waals surface area contributed by atoms with E-state index >= 15 is 0 Å². The molecule has 2 N–H and O–H groups in total. The lowest BCUT2D eigenvalue weighted by Gasteiger charge is -2.10. The lowest BCUT2D eigenvalue weighted by atomic mass is 10.2. The zero-order chi connectivity index (χ0) is 15.4. The third-order valence-corrected chi connectivity index (χ3v) is 2.94. The highest BCUT2D eigenvalue weighted by molar-refractivity contribution is 6.30. The first-order valence-corrected chi connectivity index (χ1v) is 6.31. The van der Waals surface area contributed by atoms with Gasteiger partial charge in [-0.15, -0.1) is 0 Å². The highest BCUT2D eigenvalue weighted by atomic mass is 35.5. The van der Waals surface area contributed by atoms with Crippen LogP contribution in [0.2, 0.25) is 5.02 Å². The van der Waals surface area contributed by atoms with Crippen LogP contribution in [0, 0.1) is 0 Å². The molecule has 2 aromatic rings. The van der Waals surface area contributed by atoms with Gasteiger partial charge in [0.25, 0.3) is 5.56 Å². The Hall–Kier alpha value is -2.54. The lowest BCUT2D eigenvalue weighted by Crippen LogP contribution is -2.31. The van der Waals surface area contributed by atoms with E-state index in [1.165, 1.54) is 22.9 Å². The Bertz CT molecular complexity index is 781. The van der Waals surface area contributed by atoms with Gasteiger partial charge in [0, 0.05) is 6.20 Å². The number of nitrogens with zero attached hydrogens (tertiary/aromatic N) is 1. The van der Waals surface area contributed by atoms with Gasteiger partial charge in [-0.25, -0.2) is 9.59 Å². The van der Waals surface area contributed by atoms with Gasteiger partial charge in [-0.05, 0) is 12.1 Å². The van der Waals surface area contributed by atoms with E-state index in [0.717, 1.165) is 0 Å². The molecule has 110 valence electrons. The van der Waals surface area contributed by atoms with Gasteiger partial charge >= 0.3 is 11.7 Å². The highest BCUT2D eigenvalue weighted by Crippen LogP contribution is 2.17. The van der Waals surface area contributed by atoms with Gasteiger partial charge in [0.1, 0.15) is 22.9 Å². The molecule has 0 amide bonds. The van der Waals surface area contributed by atoms with Crippen LogP contribution in [0.15, 0.2) is 40.1 Å². The van der Waals surface area contributed by atoms with Crippen LogP contribution in [0.25, 0.3) is 0 Å². The summed E-state index contributed by atoms with van der Waals surface area (Å²) >= 11 is 5.63. The van der Waals surface area contributed by atoms with E-state index in [-0.39, 0.29) is 29.5 Å². The fourth-order valence-electron chi connectivity index (χ4n) is 1.67. The van der Waals surface area contributed by atoms with Gasteiger partial charge in [0.15, 0.2) is 0 Å². The average molecular weight is 311 g/mol. The van der Waals surface area contributed by atoms with Crippen LogP contribution in [0.4, 0.5) is 0 Å². The summed E-state index contributed by atoms with van der Waals surface area (Å²) in [6.07, 6.45) is 1.20. The maximum absolute atomic E-state index is 11.5. The summed E-state index contributed by atoms with van der Waals surface area (Å²) in [7, 11) is 0. The number of ether oxygens (including phenoxy) is 1. The molecule has 1 aromatic carbocycles. The summed E-state index contributed by atoms with van der Waals surface area (Å²) in [5, 5.41) is 8.89. The third kappa shape index (κ3) is 3.51. The number of aromatic carboxylic acids is 1. The summed E-state index contributed by atoms with van der Waals surface area (Å²) in [6.45, 7) is 0.163. The summed E-state index contributed by atoms with van der Waals surface area (Å²) < 4.78 is 6.53. The number of carbonyl (C=O) groups is 1. The normalized spacial score (nSPS) is 10.3. The van der Waals surface area contributed by atoms with Gasteiger partial charge in [-0.1, -0.05) is 23.7 Å². The molecule has 8 heteroatoms. The van der Waals surface area contributed by atoms with Crippen molar-refractivity contribution in [1.82, 2.24) is 9.55 Å². The van der Waals surface area contributed by atoms with Crippen molar-refractivity contribution in [2.75, 3.05) is 6.61 Å². The van der Waals surface area contributed by atoms with E-state index in [2.05, 4.69) is 4.98 Å². The number of halogens is 1. The maximum Gasteiger partial charge on any atom is 0.339 e. The number of hydrogen-bond donors (Lipinski definition) is 2. The summed E-state index contributed by atoms with van der Waals surface area (Å²) in [4.78, 5) is 35.7. The first-order chi connectivity index (χ1) is 9.99. The number of carboxylic acid groups (broad SMARTS) is 1. The molecule has 0 bridgehead atoms. The molecule has 7 nitrogen and oxygen atoms in total. The molecule has 0 aliphatic rings. The van der Waals surface area contributed by atoms with Crippen LogP contribution < -0.4 is 16.0 Å². The van der Waals surface area contributed by atoms with Gasteiger partial charge in [-0.3, -0.25) is 14.3 Å². The fraction of sp³-hybridized carbons (Fsp3) is 0.154. The quantitative estimate of drug-likeness (QED) is 0.856. The zero-order valence-corrected chi connectivity index (χ0v) is 11.5. The van der Waals surface area contributed by atoms with Gasteiger partial charge in [0.05, 0.1) is 6.54 Å². The van der Waals surface area contributed by atoms with Crippen LogP contribution in [-0.4, -0.2) is 27.2 Å². The Morgan fingerprint density at radius 2 is 2.05 bits per heavy atom. The maximum atomic E-state index is 11.5. The van der Waals surface area contributed by atoms with Crippen LogP contribution in [0.5, 0.6) is 5.75 Å². The third-order valence-electron chi connectivity index (χ3n) is 2.67. The Labute approximate surface area is 123 Å². The van der Waals surface area contributed by atoms with E-state index in [9.17, 15) is 14.4 Å². The van der Waals surface area contributed by atoms with Crippen molar-refractivity contribution in [1.29, 1.82) is 0 Å². The van der Waals surface area contributed by atoms with Crippen LogP contribution in [0.1, 0.15) is 10.4 Å². The molecular formula is C13H11ClN2O5. The predicted octanol–water partition coefficient (Wildman–Crippen LogP) is 0.967. The molecule has 0 unspecified atom stereocenters. The largest absolute Gasteiger partial charge is 0.491 e. The molecule has 2 rings (SSSR count). The van der Waals surface area contributed by atoms with Crippen molar-refractivity contribution in [3.8, 4) is 5.75 Å². The smallest absolute Gasteiger partial charge is 0.339 e. The Morgan fingerprint density at radius 1 is 1.33 bits per heavy atom. The number of nitrogens with one attached hydrogen (secondary N) is 1. The van der Waals surface area contributed by atoms with Crippen LogP contribution in [0.3, 0.4) is 0 Å². The standard InChI is InChI=1S/C13H11ClN2O5/c14-9-7-16(13(20)15-11(9)17)5-6-21-10-4-2-1-3-8(10)12(18)19/h1-4,7H,5-6H2,(H,18,19)(H,15,17,20). The topological polar surface area (TPSA) is 101 Å². The van der Waals surface area contributed by atoms with Gasteiger partial charge < -0.3 is 9.84 Å². The number of aromatic nitrogens is 2. The van der Waals surface area contributed by atoms with Gasteiger partial charge in [0.2, 0.25) is 0 Å². The van der Waals surface area contributed by atoms with E-state index in [1.807, 2.05) is 0 Å². The number of aromatic amines is 1. The SMILES string of the molecule is O=C(O)c1ccccc1OCCn1cc(Cl)c(=O)[nH]c1=O. The van der Waals surface area contributed by atoms with E-state index in [1.54, 1.807) is 12.1 Å². The van der Waals surface area contributed by atoms with Crippen molar-refractivity contribution in [2.24, 2.45) is 0 Å². The second kappa shape index (κ2) is 6.27. The van der Waals surface area contributed by atoms with Crippen molar-refractivity contribution < 1.29 is 14.6 Å². The van der Waals surface area contributed by atoms with E-state index in [4.69, 9.17) is 21.4 Å². The summed E-state index contributed by atoms with van der Waals surface area (Å²) in [5.74, 6) is -0.900. The Balaban J connectivity index is 2.09. The Kier molecular flexibility index (Phi) is 4.44. The van der Waals surface area contributed by atoms with Gasteiger partial charge in [-0.2, -0.15) is 0 Å². The molecule has 0 spiro atoms. The molecule has 0 radical (unpaired) electrons. The van der Waals surface area contributed by atoms with Crippen molar-refractivity contribution in [3.63, 3.8) is 0 Å². The molecule has 21 heavy (non-hydrogen) atoms. The molecule has 0 saturated heterocycles. The second-order valence-corrected chi connectivity index (χ2v) is 4.49. The lowest BCUT2D eigenvalue weighted by molar-refractivity contribution is 0.0692. The number of hydrogen-bond acceptors (Lipinski definition) is 4. The summed E-state index contributed by atoms with van der Waals surface area (Å²) in [5.41, 5.74) is -1.24. The molecule has 0 atom stereocenters. The minimum atomic E-state index is -1.10. The molecule has 0 fully saturated rings. The number of rotatable bonds is 5. The molecular weight excluding hydrogens is 300 g/mol. The number of H-pyrrole nitrogens is 1. The van der Waals surface area contributed by atoms with E-state index < -0.39 is 17.2 Å². The summed E-state index contributed by atoms with van der Waals surface area (Å²) in [6, 6.07) is 6.17. The average Bonchev–Trinajstić information content (AvgIpc) is 2.44. The number of para-hydroxylation sites is 1. The van der Waals surface area contributed by atoms with Crippen LogP contribution >= 0.6 is 11.6 Å². The minimum absolute atomic E-state index is 0.0318. The van der Waals surface area contributed by atoms with E-state index in [0.29, 0.717) is 0 Å². The zero-order valence-electron chi connectivity index (χ0n) is 10.7. The van der Waals surface area contributed by atoms with Crippen molar-refractivity contribution in [2.45, 2.75) is 6.54 Å². The minimum Gasteiger partial charge on any atom is -0.491 e. The monoisotopic (exact) mass is 310 g/mol. The molecule has 0 aliphatic heterocycles. The highest BCUT2D eigenvalue weighted by Gasteiger charge is 2.10. The molecule has 1 heterocycles. The number of carboxylic acids is 1. The first-order valence-electron chi connectivity index (χ1n) is 5.93. The first kappa shape index (κ1) is 14.9. The second-order valence-electron chi connectivity index (χ2n) is 4.08. The fourth-order valence-corrected chi connectivity index (χ4v) is 1.84. The Morgan fingerprint density at radius 3 is 2.76 bits per heavy atom. The van der Waals surface area contributed by atoms with Crippen molar-refractivity contribution >= 4 is 17.6 Å². The predicted molar refractivity (Wildman–Crippen MR) is 75.2 cm³/mol. The van der Waals surface area contributed by atoms with Crippen molar-refractivity contribution in [3.05, 3.63) is 61.9 Å². The molecule has 0 saturated carbocycles. The molecule has 0 aliphatic carbocycles.